The monoisotopic (exact) mass is 431 g/mol. The Kier molecular flexibility index (Phi) is 7.47. The Labute approximate surface area is 178 Å². The quantitative estimate of drug-likeness (QED) is 0.691. The number of sulfonamides is 1. The molecule has 1 fully saturated rings. The minimum absolute atomic E-state index is 0.107. The molecule has 1 heterocycles. The average Bonchev–Trinajstić information content (AvgIpc) is 2.74. The maximum absolute atomic E-state index is 13.3. The highest BCUT2D eigenvalue weighted by Gasteiger charge is 2.31. The van der Waals surface area contributed by atoms with Crippen LogP contribution in [0, 0.1) is 0 Å². The molecule has 1 saturated heterocycles. The van der Waals surface area contributed by atoms with Gasteiger partial charge in [-0.05, 0) is 29.7 Å². The molecule has 2 aromatic carbocycles. The molecule has 2 aromatic rings. The van der Waals surface area contributed by atoms with Crippen molar-refractivity contribution in [2.45, 2.75) is 24.8 Å². The summed E-state index contributed by atoms with van der Waals surface area (Å²) in [6, 6.07) is 15.4. The summed E-state index contributed by atoms with van der Waals surface area (Å²) in [6.45, 7) is 4.97. The lowest BCUT2D eigenvalue weighted by molar-refractivity contribution is -0.118. The van der Waals surface area contributed by atoms with E-state index in [4.69, 9.17) is 4.74 Å². The van der Waals surface area contributed by atoms with Gasteiger partial charge in [-0.25, -0.2) is 8.42 Å². The number of carbonyl (C=O) groups excluding carboxylic acids is 1. The summed E-state index contributed by atoms with van der Waals surface area (Å²) in [5, 5.41) is 2.73. The van der Waals surface area contributed by atoms with Crippen LogP contribution >= 0.6 is 0 Å². The number of nitrogens with one attached hydrogen (secondary N) is 1. The highest BCUT2D eigenvalue weighted by atomic mass is 32.2. The average molecular weight is 432 g/mol. The normalized spacial score (nSPS) is 15.7. The lowest BCUT2D eigenvalue weighted by Crippen LogP contribution is -2.48. The van der Waals surface area contributed by atoms with Crippen molar-refractivity contribution in [3.63, 3.8) is 0 Å². The van der Waals surface area contributed by atoms with Gasteiger partial charge in [0.1, 0.15) is 10.6 Å². The van der Waals surface area contributed by atoms with Crippen molar-refractivity contribution in [2.75, 3.05) is 39.8 Å². The molecule has 1 aliphatic heterocycles. The van der Waals surface area contributed by atoms with E-state index in [1.165, 1.54) is 23.9 Å². The number of hydrogen-bond acceptors (Lipinski definition) is 5. The van der Waals surface area contributed by atoms with E-state index in [0.717, 1.165) is 12.1 Å². The summed E-state index contributed by atoms with van der Waals surface area (Å²) < 4.78 is 33.5. The number of benzene rings is 2. The zero-order valence-electron chi connectivity index (χ0n) is 17.5. The summed E-state index contributed by atoms with van der Waals surface area (Å²) in [5.41, 5.74) is 2.06. The third kappa shape index (κ3) is 5.59. The molecule has 0 aromatic heterocycles. The molecule has 1 aliphatic rings. The van der Waals surface area contributed by atoms with Crippen molar-refractivity contribution in [1.29, 1.82) is 0 Å². The first-order chi connectivity index (χ1) is 14.4. The van der Waals surface area contributed by atoms with Crippen molar-refractivity contribution in [2.24, 2.45) is 0 Å². The van der Waals surface area contributed by atoms with Crippen molar-refractivity contribution < 1.29 is 17.9 Å². The van der Waals surface area contributed by atoms with E-state index in [1.807, 2.05) is 24.3 Å². The molecule has 3 rings (SSSR count). The van der Waals surface area contributed by atoms with Crippen LogP contribution in [0.2, 0.25) is 0 Å². The SMILES string of the molecule is COc1ccc(CCNC(C)=O)cc1S(=O)(=O)N1CCN(Cc2ccccc2)CC1. The third-order valence-electron chi connectivity index (χ3n) is 5.21. The van der Waals surface area contributed by atoms with Crippen LogP contribution in [0.15, 0.2) is 53.4 Å². The van der Waals surface area contributed by atoms with E-state index in [1.54, 1.807) is 12.1 Å². The first kappa shape index (κ1) is 22.3. The zero-order chi connectivity index (χ0) is 21.6. The number of rotatable bonds is 8. The molecule has 8 heteroatoms. The second kappa shape index (κ2) is 10.1. The fourth-order valence-corrected chi connectivity index (χ4v) is 5.20. The van der Waals surface area contributed by atoms with Gasteiger partial charge in [-0.15, -0.1) is 0 Å². The van der Waals surface area contributed by atoms with Crippen LogP contribution in [0.5, 0.6) is 5.75 Å². The second-order valence-corrected chi connectivity index (χ2v) is 9.29. The molecular formula is C22H29N3O4S. The molecule has 0 spiro atoms. The van der Waals surface area contributed by atoms with Gasteiger partial charge < -0.3 is 10.1 Å². The van der Waals surface area contributed by atoms with Crippen LogP contribution in [0.1, 0.15) is 18.1 Å². The Balaban J connectivity index is 1.69. The predicted molar refractivity (Wildman–Crippen MR) is 116 cm³/mol. The second-order valence-electron chi connectivity index (χ2n) is 7.38. The van der Waals surface area contributed by atoms with E-state index in [2.05, 4.69) is 22.3 Å². The lowest BCUT2D eigenvalue weighted by atomic mass is 10.1. The maximum Gasteiger partial charge on any atom is 0.246 e. The van der Waals surface area contributed by atoms with Crippen LogP contribution in [-0.2, 0) is 27.8 Å². The molecule has 30 heavy (non-hydrogen) atoms. The van der Waals surface area contributed by atoms with Gasteiger partial charge in [0, 0.05) is 46.2 Å². The van der Waals surface area contributed by atoms with Crippen LogP contribution in [0.3, 0.4) is 0 Å². The van der Waals surface area contributed by atoms with Gasteiger partial charge >= 0.3 is 0 Å². The number of methoxy groups -OCH3 is 1. The zero-order valence-corrected chi connectivity index (χ0v) is 18.3. The smallest absolute Gasteiger partial charge is 0.246 e. The summed E-state index contributed by atoms with van der Waals surface area (Å²) in [7, 11) is -2.20. The molecular weight excluding hydrogens is 402 g/mol. The summed E-state index contributed by atoms with van der Waals surface area (Å²) >= 11 is 0. The van der Waals surface area contributed by atoms with E-state index in [9.17, 15) is 13.2 Å². The van der Waals surface area contributed by atoms with Crippen molar-refractivity contribution in [1.82, 2.24) is 14.5 Å². The Morgan fingerprint density at radius 3 is 2.37 bits per heavy atom. The van der Waals surface area contributed by atoms with Gasteiger partial charge in [0.2, 0.25) is 15.9 Å². The van der Waals surface area contributed by atoms with Gasteiger partial charge in [0.25, 0.3) is 0 Å². The summed E-state index contributed by atoms with van der Waals surface area (Å²) in [5.74, 6) is 0.231. The van der Waals surface area contributed by atoms with Crippen molar-refractivity contribution >= 4 is 15.9 Å². The van der Waals surface area contributed by atoms with Gasteiger partial charge in [-0.1, -0.05) is 36.4 Å². The number of nitrogens with zero attached hydrogens (tertiary/aromatic N) is 2. The Bertz CT molecular complexity index is 956. The van der Waals surface area contributed by atoms with Crippen molar-refractivity contribution in [3.8, 4) is 5.75 Å². The van der Waals surface area contributed by atoms with Crippen LogP contribution in [-0.4, -0.2) is 63.4 Å². The molecule has 162 valence electrons. The molecule has 0 unspecified atom stereocenters. The van der Waals surface area contributed by atoms with Gasteiger partial charge in [0.15, 0.2) is 0 Å². The highest BCUT2D eigenvalue weighted by molar-refractivity contribution is 7.89. The topological polar surface area (TPSA) is 78.9 Å². The molecule has 0 radical (unpaired) electrons. The molecule has 1 amide bonds. The van der Waals surface area contributed by atoms with E-state index >= 15 is 0 Å². The minimum atomic E-state index is -3.67. The summed E-state index contributed by atoms with van der Waals surface area (Å²) in [4.78, 5) is 13.5. The van der Waals surface area contributed by atoms with Crippen LogP contribution in [0.4, 0.5) is 0 Å². The molecule has 1 N–H and O–H groups in total. The van der Waals surface area contributed by atoms with Crippen LogP contribution in [0.25, 0.3) is 0 Å². The maximum atomic E-state index is 13.3. The Morgan fingerprint density at radius 2 is 1.73 bits per heavy atom. The number of carbonyl (C=O) groups is 1. The fourth-order valence-electron chi connectivity index (χ4n) is 3.57. The van der Waals surface area contributed by atoms with Crippen molar-refractivity contribution in [3.05, 3.63) is 59.7 Å². The van der Waals surface area contributed by atoms with Gasteiger partial charge in [-0.3, -0.25) is 9.69 Å². The number of amides is 1. The third-order valence-corrected chi connectivity index (χ3v) is 7.13. The summed E-state index contributed by atoms with van der Waals surface area (Å²) in [6.07, 6.45) is 0.553. The number of hydrogen-bond donors (Lipinski definition) is 1. The molecule has 0 aliphatic carbocycles. The molecule has 0 atom stereocenters. The number of ether oxygens (including phenoxy) is 1. The Hall–Kier alpha value is -2.42. The molecule has 0 saturated carbocycles. The molecule has 7 nitrogen and oxygen atoms in total. The number of piperazine rings is 1. The molecule has 0 bridgehead atoms. The first-order valence-corrected chi connectivity index (χ1v) is 11.5. The fraction of sp³-hybridized carbons (Fsp3) is 0.409. The predicted octanol–water partition coefficient (Wildman–Crippen LogP) is 1.88. The standard InChI is InChI=1S/C22H29N3O4S/c1-18(26)23-11-10-19-8-9-21(29-2)22(16-19)30(27,28)25-14-12-24(13-15-25)17-20-6-4-3-5-7-20/h3-9,16H,10-15,17H2,1-2H3,(H,23,26). The van der Waals surface area contributed by atoms with E-state index in [0.29, 0.717) is 44.9 Å². The van der Waals surface area contributed by atoms with E-state index < -0.39 is 10.0 Å². The Morgan fingerprint density at radius 1 is 1.03 bits per heavy atom. The lowest BCUT2D eigenvalue weighted by Gasteiger charge is -2.34. The largest absolute Gasteiger partial charge is 0.495 e. The minimum Gasteiger partial charge on any atom is -0.495 e. The highest BCUT2D eigenvalue weighted by Crippen LogP contribution is 2.29. The first-order valence-electron chi connectivity index (χ1n) is 10.1. The van der Waals surface area contributed by atoms with Gasteiger partial charge in [-0.2, -0.15) is 4.31 Å². The van der Waals surface area contributed by atoms with Gasteiger partial charge in [0.05, 0.1) is 7.11 Å². The van der Waals surface area contributed by atoms with Crippen LogP contribution < -0.4 is 10.1 Å². The van der Waals surface area contributed by atoms with E-state index in [-0.39, 0.29) is 10.8 Å².